The van der Waals surface area contributed by atoms with Gasteiger partial charge in [-0.25, -0.2) is 4.79 Å². The van der Waals surface area contributed by atoms with E-state index in [1.165, 1.54) is 0 Å². The minimum atomic E-state index is -0.385. The number of rotatable bonds is 5. The first-order chi connectivity index (χ1) is 12.1. The van der Waals surface area contributed by atoms with Crippen molar-refractivity contribution < 1.29 is 23.7 Å². The summed E-state index contributed by atoms with van der Waals surface area (Å²) in [6.07, 6.45) is 1.81. The summed E-state index contributed by atoms with van der Waals surface area (Å²) in [4.78, 5) is 12.3. The molecule has 25 heavy (non-hydrogen) atoms. The minimum absolute atomic E-state index is 0.157. The molecular formula is C20H20O5. The third-order valence-electron chi connectivity index (χ3n) is 4.09. The first kappa shape index (κ1) is 16.9. The van der Waals surface area contributed by atoms with Gasteiger partial charge in [-0.15, -0.1) is 0 Å². The Morgan fingerprint density at radius 1 is 1.12 bits per heavy atom. The van der Waals surface area contributed by atoms with E-state index in [2.05, 4.69) is 0 Å². The molecule has 2 aromatic rings. The van der Waals surface area contributed by atoms with Crippen molar-refractivity contribution in [1.82, 2.24) is 0 Å². The molecule has 1 heterocycles. The number of carbonyl (C=O) groups is 1. The van der Waals surface area contributed by atoms with Gasteiger partial charge in [-0.05, 0) is 42.3 Å². The molecular weight excluding hydrogens is 320 g/mol. The molecule has 0 spiro atoms. The molecule has 5 heteroatoms. The lowest BCUT2D eigenvalue weighted by molar-refractivity contribution is -0.140. The van der Waals surface area contributed by atoms with Gasteiger partial charge in [0.25, 0.3) is 0 Å². The lowest BCUT2D eigenvalue weighted by Crippen LogP contribution is -2.17. The van der Waals surface area contributed by atoms with Crippen molar-refractivity contribution in [2.45, 2.75) is 13.5 Å². The van der Waals surface area contributed by atoms with Crippen LogP contribution in [0.5, 0.6) is 17.2 Å². The van der Waals surface area contributed by atoms with Gasteiger partial charge in [0.1, 0.15) is 19.0 Å². The Bertz CT molecular complexity index is 823. The molecule has 0 aromatic heterocycles. The average Bonchev–Trinajstić information content (AvgIpc) is 2.66. The number of esters is 1. The second-order valence-electron chi connectivity index (χ2n) is 5.71. The molecule has 0 aliphatic carbocycles. The first-order valence-corrected chi connectivity index (χ1v) is 7.93. The van der Waals surface area contributed by atoms with Crippen LogP contribution in [0.2, 0.25) is 0 Å². The fraction of sp³-hybridized carbons (Fsp3) is 0.250. The lowest BCUT2D eigenvalue weighted by atomic mass is 10.1. The summed E-state index contributed by atoms with van der Waals surface area (Å²) in [5.74, 6) is 1.64. The van der Waals surface area contributed by atoms with Crippen molar-refractivity contribution in [3.05, 3.63) is 58.7 Å². The van der Waals surface area contributed by atoms with E-state index in [0.717, 1.165) is 22.4 Å². The molecule has 0 saturated carbocycles. The summed E-state index contributed by atoms with van der Waals surface area (Å²) in [5.41, 5.74) is 3.20. The summed E-state index contributed by atoms with van der Waals surface area (Å²) in [7, 11) is 3.16. The Morgan fingerprint density at radius 3 is 2.60 bits per heavy atom. The van der Waals surface area contributed by atoms with Gasteiger partial charge in [-0.3, -0.25) is 0 Å². The van der Waals surface area contributed by atoms with E-state index in [9.17, 15) is 4.79 Å². The Kier molecular flexibility index (Phi) is 4.93. The number of benzene rings is 2. The normalized spacial score (nSPS) is 12.5. The number of fused-ring (bicyclic) bond motifs is 1. The Morgan fingerprint density at radius 2 is 1.84 bits per heavy atom. The molecule has 1 aliphatic heterocycles. The van der Waals surface area contributed by atoms with Crippen LogP contribution in [0.4, 0.5) is 0 Å². The van der Waals surface area contributed by atoms with E-state index in [1.54, 1.807) is 14.2 Å². The van der Waals surface area contributed by atoms with Crippen LogP contribution in [-0.2, 0) is 16.1 Å². The van der Waals surface area contributed by atoms with E-state index in [-0.39, 0.29) is 19.2 Å². The molecule has 3 rings (SSSR count). The SMILES string of the molecule is COc1cc(C)c(COC(=O)C2=Cc3ccccc3OC2)cc1OC. The monoisotopic (exact) mass is 340 g/mol. The molecule has 0 unspecified atom stereocenters. The van der Waals surface area contributed by atoms with Crippen molar-refractivity contribution in [3.63, 3.8) is 0 Å². The van der Waals surface area contributed by atoms with Crippen LogP contribution in [0.1, 0.15) is 16.7 Å². The highest BCUT2D eigenvalue weighted by Gasteiger charge is 2.19. The highest BCUT2D eigenvalue weighted by Crippen LogP contribution is 2.31. The van der Waals surface area contributed by atoms with Crippen LogP contribution >= 0.6 is 0 Å². The Labute approximate surface area is 146 Å². The number of ether oxygens (including phenoxy) is 4. The smallest absolute Gasteiger partial charge is 0.337 e. The molecule has 1 aliphatic rings. The van der Waals surface area contributed by atoms with E-state index < -0.39 is 0 Å². The van der Waals surface area contributed by atoms with Crippen molar-refractivity contribution in [3.8, 4) is 17.2 Å². The number of aryl methyl sites for hydroxylation is 1. The number of hydrogen-bond acceptors (Lipinski definition) is 5. The van der Waals surface area contributed by atoms with Gasteiger partial charge >= 0.3 is 5.97 Å². The number of carbonyl (C=O) groups excluding carboxylic acids is 1. The van der Waals surface area contributed by atoms with Crippen LogP contribution in [0.15, 0.2) is 42.0 Å². The Hall–Kier alpha value is -2.95. The Balaban J connectivity index is 1.72. The maximum Gasteiger partial charge on any atom is 0.337 e. The standard InChI is InChI=1S/C20H20O5/c1-13-8-18(22-2)19(23-3)10-15(13)11-25-20(21)16-9-14-6-4-5-7-17(14)24-12-16/h4-10H,11-12H2,1-3H3. The van der Waals surface area contributed by atoms with Gasteiger partial charge in [-0.1, -0.05) is 18.2 Å². The summed E-state index contributed by atoms with van der Waals surface area (Å²) in [6.45, 7) is 2.30. The maximum absolute atomic E-state index is 12.3. The van der Waals surface area contributed by atoms with Gasteiger partial charge < -0.3 is 18.9 Å². The number of hydrogen-bond donors (Lipinski definition) is 0. The van der Waals surface area contributed by atoms with Crippen molar-refractivity contribution in [2.24, 2.45) is 0 Å². The van der Waals surface area contributed by atoms with Gasteiger partial charge in [0.2, 0.25) is 0 Å². The molecule has 0 amide bonds. The van der Waals surface area contributed by atoms with Crippen LogP contribution in [0, 0.1) is 6.92 Å². The zero-order valence-corrected chi connectivity index (χ0v) is 14.5. The molecule has 0 saturated heterocycles. The molecule has 0 atom stereocenters. The van der Waals surface area contributed by atoms with Gasteiger partial charge in [0.05, 0.1) is 19.8 Å². The summed E-state index contributed by atoms with van der Waals surface area (Å²) >= 11 is 0. The van der Waals surface area contributed by atoms with Crippen molar-refractivity contribution >= 4 is 12.0 Å². The topological polar surface area (TPSA) is 54.0 Å². The third-order valence-corrected chi connectivity index (χ3v) is 4.09. The number of methoxy groups -OCH3 is 2. The number of para-hydroxylation sites is 1. The molecule has 5 nitrogen and oxygen atoms in total. The lowest BCUT2D eigenvalue weighted by Gasteiger charge is -2.17. The van der Waals surface area contributed by atoms with E-state index >= 15 is 0 Å². The fourth-order valence-electron chi connectivity index (χ4n) is 2.65. The molecule has 130 valence electrons. The highest BCUT2D eigenvalue weighted by atomic mass is 16.5. The molecule has 0 N–H and O–H groups in total. The largest absolute Gasteiger partial charge is 0.493 e. The molecule has 0 bridgehead atoms. The highest BCUT2D eigenvalue weighted by molar-refractivity contribution is 5.95. The summed E-state index contributed by atoms with van der Waals surface area (Å²) in [5, 5.41) is 0. The van der Waals surface area contributed by atoms with Gasteiger partial charge in [0.15, 0.2) is 11.5 Å². The predicted molar refractivity (Wildman–Crippen MR) is 94.0 cm³/mol. The summed E-state index contributed by atoms with van der Waals surface area (Å²) in [6, 6.07) is 11.3. The van der Waals surface area contributed by atoms with E-state index in [1.807, 2.05) is 49.4 Å². The zero-order valence-electron chi connectivity index (χ0n) is 14.5. The van der Waals surface area contributed by atoms with Crippen LogP contribution in [-0.4, -0.2) is 26.8 Å². The predicted octanol–water partition coefficient (Wildman–Crippen LogP) is 3.53. The second kappa shape index (κ2) is 7.30. The molecule has 2 aromatic carbocycles. The third kappa shape index (κ3) is 3.60. The fourth-order valence-corrected chi connectivity index (χ4v) is 2.65. The van der Waals surface area contributed by atoms with E-state index in [0.29, 0.717) is 17.1 Å². The first-order valence-electron chi connectivity index (χ1n) is 7.93. The van der Waals surface area contributed by atoms with Gasteiger partial charge in [0, 0.05) is 5.56 Å². The maximum atomic E-state index is 12.3. The molecule has 0 radical (unpaired) electrons. The minimum Gasteiger partial charge on any atom is -0.493 e. The van der Waals surface area contributed by atoms with Gasteiger partial charge in [-0.2, -0.15) is 0 Å². The van der Waals surface area contributed by atoms with E-state index in [4.69, 9.17) is 18.9 Å². The molecule has 0 fully saturated rings. The quantitative estimate of drug-likeness (QED) is 0.780. The summed E-state index contributed by atoms with van der Waals surface area (Å²) < 4.78 is 21.6. The zero-order chi connectivity index (χ0) is 17.8. The van der Waals surface area contributed by atoms with Crippen LogP contribution in [0.25, 0.3) is 6.08 Å². The average molecular weight is 340 g/mol. The van der Waals surface area contributed by atoms with Crippen LogP contribution < -0.4 is 14.2 Å². The van der Waals surface area contributed by atoms with Crippen LogP contribution in [0.3, 0.4) is 0 Å². The van der Waals surface area contributed by atoms with Crippen molar-refractivity contribution in [2.75, 3.05) is 20.8 Å². The van der Waals surface area contributed by atoms with Crippen molar-refractivity contribution in [1.29, 1.82) is 0 Å². The second-order valence-corrected chi connectivity index (χ2v) is 5.71.